The van der Waals surface area contributed by atoms with E-state index in [0.717, 1.165) is 19.5 Å². The van der Waals surface area contributed by atoms with Crippen LogP contribution >= 0.6 is 0 Å². The molecule has 0 bridgehead atoms. The first-order valence-electron chi connectivity index (χ1n) is 9.70. The molecule has 0 radical (unpaired) electrons. The van der Waals surface area contributed by atoms with Gasteiger partial charge in [-0.2, -0.15) is 0 Å². The molecule has 1 N–H and O–H groups in total. The van der Waals surface area contributed by atoms with E-state index in [1.807, 2.05) is 6.92 Å². The fourth-order valence-corrected chi connectivity index (χ4v) is 4.18. The molecule has 0 saturated heterocycles. The number of hydrogen-bond donors (Lipinski definition) is 1. The summed E-state index contributed by atoms with van der Waals surface area (Å²) in [4.78, 5) is 2.66. The van der Waals surface area contributed by atoms with E-state index in [1.54, 1.807) is 0 Å². The molecule has 1 fully saturated rings. The second-order valence-electron chi connectivity index (χ2n) is 7.64. The Kier molecular flexibility index (Phi) is 6.66. The Balaban J connectivity index is 1.66. The third kappa shape index (κ3) is 5.69. The average Bonchev–Trinajstić information content (AvgIpc) is 2.63. The summed E-state index contributed by atoms with van der Waals surface area (Å²) in [6, 6.07) is 22.3. The van der Waals surface area contributed by atoms with Gasteiger partial charge < -0.3 is 5.11 Å². The summed E-state index contributed by atoms with van der Waals surface area (Å²) in [5.41, 5.74) is 2.79. The van der Waals surface area contributed by atoms with Gasteiger partial charge in [0.05, 0.1) is 6.10 Å². The Morgan fingerprint density at radius 2 is 1.32 bits per heavy atom. The van der Waals surface area contributed by atoms with E-state index in [4.69, 9.17) is 0 Å². The van der Waals surface area contributed by atoms with Crippen molar-refractivity contribution in [3.8, 4) is 0 Å². The van der Waals surface area contributed by atoms with Gasteiger partial charge in [0.2, 0.25) is 0 Å². The van der Waals surface area contributed by atoms with Gasteiger partial charge in [-0.3, -0.25) is 4.90 Å². The molecule has 1 aliphatic rings. The van der Waals surface area contributed by atoms with Crippen molar-refractivity contribution < 1.29 is 5.11 Å². The Morgan fingerprint density at radius 1 is 0.840 bits per heavy atom. The van der Waals surface area contributed by atoms with Gasteiger partial charge in [0, 0.05) is 19.1 Å². The maximum Gasteiger partial charge on any atom is 0.0514 e. The molecule has 0 aromatic heterocycles. The molecular weight excluding hydrogens is 306 g/mol. The minimum atomic E-state index is -0.161. The number of rotatable bonds is 7. The largest absolute Gasteiger partial charge is 0.393 e. The van der Waals surface area contributed by atoms with Crippen LogP contribution in [0.1, 0.15) is 50.2 Å². The van der Waals surface area contributed by atoms with Gasteiger partial charge >= 0.3 is 0 Å². The predicted octanol–water partition coefficient (Wildman–Crippen LogP) is 5.02. The second-order valence-corrected chi connectivity index (χ2v) is 7.64. The summed E-state index contributed by atoms with van der Waals surface area (Å²) in [7, 11) is 0. The van der Waals surface area contributed by atoms with Gasteiger partial charge in [0.25, 0.3) is 0 Å². The van der Waals surface area contributed by atoms with E-state index in [9.17, 15) is 5.11 Å². The zero-order valence-electron chi connectivity index (χ0n) is 15.3. The minimum absolute atomic E-state index is 0.161. The molecule has 1 saturated carbocycles. The van der Waals surface area contributed by atoms with Crippen LogP contribution in [0.25, 0.3) is 0 Å². The molecule has 1 atom stereocenters. The van der Waals surface area contributed by atoms with Gasteiger partial charge in [0.1, 0.15) is 0 Å². The predicted molar refractivity (Wildman–Crippen MR) is 104 cm³/mol. The van der Waals surface area contributed by atoms with E-state index in [1.165, 1.54) is 36.8 Å². The highest BCUT2D eigenvalue weighted by Crippen LogP contribution is 2.32. The Bertz CT molecular complexity index is 561. The van der Waals surface area contributed by atoms with Crippen LogP contribution in [0.2, 0.25) is 0 Å². The van der Waals surface area contributed by atoms with Crippen molar-refractivity contribution in [2.45, 2.75) is 64.3 Å². The Labute approximate surface area is 152 Å². The van der Waals surface area contributed by atoms with E-state index in [-0.39, 0.29) is 6.10 Å². The van der Waals surface area contributed by atoms with Crippen LogP contribution in [0.3, 0.4) is 0 Å². The first kappa shape index (κ1) is 18.2. The minimum Gasteiger partial charge on any atom is -0.393 e. The highest BCUT2D eigenvalue weighted by Gasteiger charge is 2.26. The first-order chi connectivity index (χ1) is 12.2. The molecule has 2 heteroatoms. The lowest BCUT2D eigenvalue weighted by atomic mass is 9.82. The summed E-state index contributed by atoms with van der Waals surface area (Å²) < 4.78 is 0. The highest BCUT2D eigenvalue weighted by molar-refractivity contribution is 5.17. The average molecular weight is 338 g/mol. The molecule has 0 aliphatic heterocycles. The van der Waals surface area contributed by atoms with Crippen LogP contribution < -0.4 is 0 Å². The van der Waals surface area contributed by atoms with E-state index in [0.29, 0.717) is 12.0 Å². The maximum atomic E-state index is 9.66. The molecule has 1 aliphatic carbocycles. The van der Waals surface area contributed by atoms with Crippen LogP contribution in [-0.4, -0.2) is 22.2 Å². The van der Waals surface area contributed by atoms with Gasteiger partial charge in [-0.15, -0.1) is 0 Å². The summed E-state index contributed by atoms with van der Waals surface area (Å²) in [5.74, 6) is 0.701. The summed E-state index contributed by atoms with van der Waals surface area (Å²) in [6.45, 7) is 3.95. The molecule has 25 heavy (non-hydrogen) atoms. The third-order valence-corrected chi connectivity index (χ3v) is 5.46. The molecule has 1 unspecified atom stereocenters. The van der Waals surface area contributed by atoms with E-state index < -0.39 is 0 Å². The van der Waals surface area contributed by atoms with E-state index >= 15 is 0 Å². The SMILES string of the molecule is CC(O)CC1CCC(N(Cc2ccccc2)Cc2ccccc2)CC1. The Hall–Kier alpha value is -1.64. The molecule has 2 aromatic carbocycles. The highest BCUT2D eigenvalue weighted by atomic mass is 16.3. The van der Waals surface area contributed by atoms with E-state index in [2.05, 4.69) is 65.6 Å². The molecule has 0 heterocycles. The molecule has 2 aromatic rings. The number of hydrogen-bond acceptors (Lipinski definition) is 2. The number of benzene rings is 2. The standard InChI is InChI=1S/C23H31NO/c1-19(25)16-20-12-14-23(15-13-20)24(17-21-8-4-2-5-9-21)18-22-10-6-3-7-11-22/h2-11,19-20,23,25H,12-18H2,1H3. The molecule has 2 nitrogen and oxygen atoms in total. The zero-order chi connectivity index (χ0) is 17.5. The van der Waals surface area contributed by atoms with Gasteiger partial charge in [-0.25, -0.2) is 0 Å². The van der Waals surface area contributed by atoms with Gasteiger partial charge in [-0.05, 0) is 56.1 Å². The van der Waals surface area contributed by atoms with Crippen molar-refractivity contribution in [3.63, 3.8) is 0 Å². The molecule has 0 amide bonds. The number of aliphatic hydroxyl groups is 1. The van der Waals surface area contributed by atoms with Crippen LogP contribution in [0, 0.1) is 5.92 Å². The van der Waals surface area contributed by atoms with Crippen molar-refractivity contribution in [2.24, 2.45) is 5.92 Å². The van der Waals surface area contributed by atoms with Crippen molar-refractivity contribution in [1.29, 1.82) is 0 Å². The third-order valence-electron chi connectivity index (χ3n) is 5.46. The van der Waals surface area contributed by atoms with Crippen molar-refractivity contribution >= 4 is 0 Å². The molecule has 3 rings (SSSR count). The van der Waals surface area contributed by atoms with Crippen LogP contribution in [0.15, 0.2) is 60.7 Å². The summed E-state index contributed by atoms with van der Waals surface area (Å²) >= 11 is 0. The fourth-order valence-electron chi connectivity index (χ4n) is 4.18. The molecule has 0 spiro atoms. The zero-order valence-corrected chi connectivity index (χ0v) is 15.3. The Morgan fingerprint density at radius 3 is 1.76 bits per heavy atom. The smallest absolute Gasteiger partial charge is 0.0514 e. The molecular formula is C23H31NO. The topological polar surface area (TPSA) is 23.5 Å². The normalized spacial score (nSPS) is 22.0. The molecule has 134 valence electrons. The maximum absolute atomic E-state index is 9.66. The quantitative estimate of drug-likeness (QED) is 0.767. The monoisotopic (exact) mass is 337 g/mol. The van der Waals surface area contributed by atoms with Crippen LogP contribution in [0.4, 0.5) is 0 Å². The van der Waals surface area contributed by atoms with Crippen LogP contribution in [-0.2, 0) is 13.1 Å². The van der Waals surface area contributed by atoms with Gasteiger partial charge in [0.15, 0.2) is 0 Å². The van der Waals surface area contributed by atoms with Crippen molar-refractivity contribution in [3.05, 3.63) is 71.8 Å². The summed E-state index contributed by atoms with van der Waals surface area (Å²) in [6.07, 6.45) is 5.79. The first-order valence-corrected chi connectivity index (χ1v) is 9.70. The van der Waals surface area contributed by atoms with Crippen molar-refractivity contribution in [2.75, 3.05) is 0 Å². The lowest BCUT2D eigenvalue weighted by Crippen LogP contribution is -2.37. The van der Waals surface area contributed by atoms with Crippen LogP contribution in [0.5, 0.6) is 0 Å². The fraction of sp³-hybridized carbons (Fsp3) is 0.478. The lowest BCUT2D eigenvalue weighted by molar-refractivity contribution is 0.0966. The van der Waals surface area contributed by atoms with Crippen molar-refractivity contribution in [1.82, 2.24) is 4.90 Å². The second kappa shape index (κ2) is 9.17. The lowest BCUT2D eigenvalue weighted by Gasteiger charge is -2.37. The summed E-state index contributed by atoms with van der Waals surface area (Å²) in [5, 5.41) is 9.66. The van der Waals surface area contributed by atoms with Gasteiger partial charge in [-0.1, -0.05) is 60.7 Å². The number of nitrogens with zero attached hydrogens (tertiary/aromatic N) is 1. The number of aliphatic hydroxyl groups excluding tert-OH is 1.